The van der Waals surface area contributed by atoms with E-state index in [0.29, 0.717) is 0 Å². The van der Waals surface area contributed by atoms with Crippen LogP contribution in [-0.2, 0) is 0 Å². The second-order valence-corrected chi connectivity index (χ2v) is 4.72. The van der Waals surface area contributed by atoms with Gasteiger partial charge >= 0.3 is 0 Å². The molecule has 66 valence electrons. The maximum Gasteiger partial charge on any atom is 0.0924 e. The standard InChI is InChI=1S/C12H12S/c1-5-10-7-9-13-11(10)6-8-12(2,3)4/h1,7,9H,2-4H3. The van der Waals surface area contributed by atoms with E-state index in [2.05, 4.69) is 38.5 Å². The molecule has 13 heavy (non-hydrogen) atoms. The second kappa shape index (κ2) is 3.69. The smallest absolute Gasteiger partial charge is 0.0924 e. The number of hydrogen-bond donors (Lipinski definition) is 0. The molecule has 0 N–H and O–H groups in total. The van der Waals surface area contributed by atoms with E-state index in [0.717, 1.165) is 10.4 Å². The lowest BCUT2D eigenvalue weighted by Crippen LogP contribution is -1.99. The molecule has 1 heteroatoms. The van der Waals surface area contributed by atoms with Crippen molar-refractivity contribution in [3.63, 3.8) is 0 Å². The van der Waals surface area contributed by atoms with E-state index < -0.39 is 0 Å². The van der Waals surface area contributed by atoms with E-state index in [1.807, 2.05) is 11.4 Å². The van der Waals surface area contributed by atoms with E-state index >= 15 is 0 Å². The van der Waals surface area contributed by atoms with E-state index in [1.165, 1.54) is 0 Å². The Morgan fingerprint density at radius 1 is 1.38 bits per heavy atom. The third-order valence-corrected chi connectivity index (χ3v) is 2.20. The third-order valence-electron chi connectivity index (χ3n) is 1.37. The molecule has 0 bridgehead atoms. The van der Waals surface area contributed by atoms with Crippen LogP contribution in [0.1, 0.15) is 31.2 Å². The summed E-state index contributed by atoms with van der Waals surface area (Å²) in [6, 6.07) is 1.93. The lowest BCUT2D eigenvalue weighted by atomic mass is 9.98. The lowest BCUT2D eigenvalue weighted by molar-refractivity contribution is 0.571. The van der Waals surface area contributed by atoms with Crippen LogP contribution in [0.25, 0.3) is 0 Å². The van der Waals surface area contributed by atoms with Crippen LogP contribution in [0, 0.1) is 29.6 Å². The van der Waals surface area contributed by atoms with Gasteiger partial charge in [-0.05, 0) is 32.2 Å². The molecule has 0 aliphatic rings. The molecular formula is C12H12S. The first-order valence-electron chi connectivity index (χ1n) is 4.10. The molecule has 0 aromatic carbocycles. The van der Waals surface area contributed by atoms with Crippen molar-refractivity contribution in [2.24, 2.45) is 5.41 Å². The van der Waals surface area contributed by atoms with Gasteiger partial charge in [-0.15, -0.1) is 17.8 Å². The van der Waals surface area contributed by atoms with Crippen LogP contribution in [0.3, 0.4) is 0 Å². The summed E-state index contributed by atoms with van der Waals surface area (Å²) in [6.45, 7) is 6.26. The van der Waals surface area contributed by atoms with Gasteiger partial charge in [0.1, 0.15) is 0 Å². The fourth-order valence-electron chi connectivity index (χ4n) is 0.764. The Morgan fingerprint density at radius 2 is 2.08 bits per heavy atom. The van der Waals surface area contributed by atoms with Crippen LogP contribution in [0.2, 0.25) is 0 Å². The van der Waals surface area contributed by atoms with Gasteiger partial charge in [0.25, 0.3) is 0 Å². The van der Waals surface area contributed by atoms with Gasteiger partial charge in [0, 0.05) is 5.41 Å². The summed E-state index contributed by atoms with van der Waals surface area (Å²) in [7, 11) is 0. The van der Waals surface area contributed by atoms with Crippen LogP contribution in [0.5, 0.6) is 0 Å². The highest BCUT2D eigenvalue weighted by Gasteiger charge is 2.04. The third kappa shape index (κ3) is 2.98. The Labute approximate surface area is 84.0 Å². The zero-order valence-electron chi connectivity index (χ0n) is 8.14. The molecule has 1 rings (SSSR count). The highest BCUT2D eigenvalue weighted by Crippen LogP contribution is 2.16. The molecule has 0 saturated heterocycles. The van der Waals surface area contributed by atoms with Gasteiger partial charge in [0.2, 0.25) is 0 Å². The second-order valence-electron chi connectivity index (χ2n) is 3.81. The van der Waals surface area contributed by atoms with E-state index in [4.69, 9.17) is 6.42 Å². The first-order valence-corrected chi connectivity index (χ1v) is 4.98. The summed E-state index contributed by atoms with van der Waals surface area (Å²) in [5, 5.41) is 1.97. The maximum atomic E-state index is 5.32. The average molecular weight is 188 g/mol. The summed E-state index contributed by atoms with van der Waals surface area (Å²) < 4.78 is 0. The molecule has 0 fully saturated rings. The van der Waals surface area contributed by atoms with Gasteiger partial charge in [-0.2, -0.15) is 0 Å². The monoisotopic (exact) mass is 188 g/mol. The van der Waals surface area contributed by atoms with Gasteiger partial charge in [0.05, 0.1) is 10.4 Å². The molecule has 1 heterocycles. The Morgan fingerprint density at radius 3 is 2.62 bits per heavy atom. The average Bonchev–Trinajstić information content (AvgIpc) is 2.46. The molecule has 0 aliphatic heterocycles. The zero-order valence-corrected chi connectivity index (χ0v) is 8.96. The largest absolute Gasteiger partial charge is 0.134 e. The van der Waals surface area contributed by atoms with Crippen molar-refractivity contribution in [3.05, 3.63) is 21.9 Å². The normalized spacial score (nSPS) is 10.0. The van der Waals surface area contributed by atoms with E-state index in [1.54, 1.807) is 11.3 Å². The molecule has 0 atom stereocenters. The fraction of sp³-hybridized carbons (Fsp3) is 0.333. The quantitative estimate of drug-likeness (QED) is 0.549. The van der Waals surface area contributed by atoms with E-state index in [9.17, 15) is 0 Å². The highest BCUT2D eigenvalue weighted by atomic mass is 32.1. The zero-order chi connectivity index (χ0) is 9.90. The molecule has 0 spiro atoms. The van der Waals surface area contributed by atoms with E-state index in [-0.39, 0.29) is 5.41 Å². The molecular weight excluding hydrogens is 176 g/mol. The predicted molar refractivity (Wildman–Crippen MR) is 58.6 cm³/mol. The molecule has 0 nitrogen and oxygen atoms in total. The summed E-state index contributed by atoms with van der Waals surface area (Å²) >= 11 is 1.60. The van der Waals surface area contributed by atoms with Crippen molar-refractivity contribution in [3.8, 4) is 24.2 Å². The fourth-order valence-corrected chi connectivity index (χ4v) is 1.47. The van der Waals surface area contributed by atoms with Gasteiger partial charge in [-0.3, -0.25) is 0 Å². The molecule has 1 aromatic rings. The number of hydrogen-bond acceptors (Lipinski definition) is 1. The molecule has 0 amide bonds. The van der Waals surface area contributed by atoms with Crippen LogP contribution in [-0.4, -0.2) is 0 Å². The molecule has 0 radical (unpaired) electrons. The number of rotatable bonds is 0. The van der Waals surface area contributed by atoms with Gasteiger partial charge in [-0.1, -0.05) is 17.8 Å². The van der Waals surface area contributed by atoms with Gasteiger partial charge < -0.3 is 0 Å². The van der Waals surface area contributed by atoms with Crippen LogP contribution < -0.4 is 0 Å². The number of terminal acetylenes is 1. The summed E-state index contributed by atoms with van der Waals surface area (Å²) in [6.07, 6.45) is 5.32. The molecule has 1 aromatic heterocycles. The van der Waals surface area contributed by atoms with Crippen LogP contribution in [0.15, 0.2) is 11.4 Å². The van der Waals surface area contributed by atoms with Crippen LogP contribution >= 0.6 is 11.3 Å². The van der Waals surface area contributed by atoms with Crippen LogP contribution in [0.4, 0.5) is 0 Å². The van der Waals surface area contributed by atoms with Crippen molar-refractivity contribution in [1.82, 2.24) is 0 Å². The summed E-state index contributed by atoms with van der Waals surface area (Å²) in [4.78, 5) is 0.998. The SMILES string of the molecule is C#Cc1ccsc1C#CC(C)(C)C. The Hall–Kier alpha value is -1.18. The van der Waals surface area contributed by atoms with Crippen molar-refractivity contribution >= 4 is 11.3 Å². The predicted octanol–water partition coefficient (Wildman–Crippen LogP) is 3.13. The Balaban J connectivity index is 2.97. The van der Waals surface area contributed by atoms with Crippen molar-refractivity contribution in [1.29, 1.82) is 0 Å². The van der Waals surface area contributed by atoms with Gasteiger partial charge in [0.15, 0.2) is 0 Å². The minimum atomic E-state index is 0.0376. The summed E-state index contributed by atoms with van der Waals surface area (Å²) in [5.74, 6) is 8.89. The highest BCUT2D eigenvalue weighted by molar-refractivity contribution is 7.10. The Bertz CT molecular complexity index is 385. The summed E-state index contributed by atoms with van der Waals surface area (Å²) in [5.41, 5.74) is 0.942. The van der Waals surface area contributed by atoms with Crippen molar-refractivity contribution in [2.45, 2.75) is 20.8 Å². The van der Waals surface area contributed by atoms with Crippen molar-refractivity contribution in [2.75, 3.05) is 0 Å². The topological polar surface area (TPSA) is 0 Å². The molecule has 0 aliphatic carbocycles. The van der Waals surface area contributed by atoms with Crippen molar-refractivity contribution < 1.29 is 0 Å². The minimum Gasteiger partial charge on any atom is -0.134 e. The maximum absolute atomic E-state index is 5.32. The molecule has 0 saturated carbocycles. The first-order chi connectivity index (χ1) is 6.03. The molecule has 0 unspecified atom stereocenters. The minimum absolute atomic E-state index is 0.0376. The first kappa shape index (κ1) is 9.90. The number of thiophene rings is 1. The lowest BCUT2D eigenvalue weighted by Gasteiger charge is -2.06. The van der Waals surface area contributed by atoms with Gasteiger partial charge in [-0.25, -0.2) is 0 Å². The Kier molecular flexibility index (Phi) is 2.81.